The van der Waals surface area contributed by atoms with E-state index in [0.717, 1.165) is 48.4 Å². The Balaban J connectivity index is 1.33. The molecule has 2 atom stereocenters. The van der Waals surface area contributed by atoms with Gasteiger partial charge in [-0.05, 0) is 24.3 Å². The minimum absolute atomic E-state index is 0.583. The largest absolute Gasteiger partial charge is 0.497 e. The molecule has 2 aromatic heterocycles. The maximum absolute atomic E-state index is 9.34. The van der Waals surface area contributed by atoms with Crippen LogP contribution in [0.25, 0.3) is 10.2 Å². The van der Waals surface area contributed by atoms with Crippen LogP contribution in [0.4, 0.5) is 10.9 Å². The molecule has 2 unspecified atom stereocenters. The van der Waals surface area contributed by atoms with E-state index in [1.807, 2.05) is 24.3 Å². The van der Waals surface area contributed by atoms with Gasteiger partial charge in [0.15, 0.2) is 5.13 Å². The smallest absolute Gasteiger partial charge is 0.186 e. The zero-order chi connectivity index (χ0) is 18.4. The summed E-state index contributed by atoms with van der Waals surface area (Å²) in [6.45, 7) is 3.91. The molecule has 0 amide bonds. The van der Waals surface area contributed by atoms with E-state index in [0.29, 0.717) is 17.4 Å². The highest BCUT2D eigenvalue weighted by Crippen LogP contribution is 2.39. The Kier molecular flexibility index (Phi) is 3.87. The van der Waals surface area contributed by atoms with Crippen molar-refractivity contribution in [2.75, 3.05) is 43.1 Å². The highest BCUT2D eigenvalue weighted by molar-refractivity contribution is 7.22. The van der Waals surface area contributed by atoms with E-state index in [1.165, 1.54) is 4.70 Å². The van der Waals surface area contributed by atoms with Crippen molar-refractivity contribution < 1.29 is 4.74 Å². The fourth-order valence-electron chi connectivity index (χ4n) is 4.22. The molecule has 6 nitrogen and oxygen atoms in total. The third-order valence-corrected chi connectivity index (χ3v) is 6.64. The zero-order valence-electron chi connectivity index (χ0n) is 15.0. The molecule has 2 aliphatic rings. The highest BCUT2D eigenvalue weighted by atomic mass is 32.1. The molecule has 136 valence electrons. The molecule has 0 spiro atoms. The number of anilines is 2. The number of methoxy groups -OCH3 is 1. The second-order valence-corrected chi connectivity index (χ2v) is 8.16. The lowest BCUT2D eigenvalue weighted by molar-refractivity contribution is 0.415. The number of pyridine rings is 1. The minimum Gasteiger partial charge on any atom is -0.497 e. The van der Waals surface area contributed by atoms with E-state index in [-0.39, 0.29) is 0 Å². The molecule has 2 fully saturated rings. The Labute approximate surface area is 161 Å². The fourth-order valence-corrected chi connectivity index (χ4v) is 5.18. The molecule has 0 N–H and O–H groups in total. The quantitative estimate of drug-likeness (QED) is 0.699. The third kappa shape index (κ3) is 2.77. The fraction of sp³-hybridized carbons (Fsp3) is 0.350. The van der Waals surface area contributed by atoms with Gasteiger partial charge in [0.2, 0.25) is 0 Å². The number of nitrogens with zero attached hydrogens (tertiary/aromatic N) is 5. The lowest BCUT2D eigenvalue weighted by Gasteiger charge is -2.22. The second kappa shape index (κ2) is 6.39. The van der Waals surface area contributed by atoms with Crippen molar-refractivity contribution in [2.24, 2.45) is 11.8 Å². The first-order chi connectivity index (χ1) is 13.2. The van der Waals surface area contributed by atoms with Gasteiger partial charge in [-0.25, -0.2) is 9.97 Å². The first-order valence-corrected chi connectivity index (χ1v) is 9.86. The summed E-state index contributed by atoms with van der Waals surface area (Å²) < 4.78 is 6.50. The molecule has 7 heteroatoms. The summed E-state index contributed by atoms with van der Waals surface area (Å²) in [4.78, 5) is 14.0. The van der Waals surface area contributed by atoms with Crippen molar-refractivity contribution in [1.29, 1.82) is 5.26 Å². The zero-order valence-corrected chi connectivity index (χ0v) is 15.8. The van der Waals surface area contributed by atoms with Gasteiger partial charge in [0.25, 0.3) is 0 Å². The molecule has 0 bridgehead atoms. The first-order valence-electron chi connectivity index (χ1n) is 9.05. The van der Waals surface area contributed by atoms with Crippen molar-refractivity contribution >= 4 is 32.5 Å². The van der Waals surface area contributed by atoms with Gasteiger partial charge < -0.3 is 14.5 Å². The van der Waals surface area contributed by atoms with Crippen molar-refractivity contribution in [3.63, 3.8) is 0 Å². The molecular formula is C20H19N5OS. The number of ether oxygens (including phenoxy) is 1. The van der Waals surface area contributed by atoms with E-state index >= 15 is 0 Å². The lowest BCUT2D eigenvalue weighted by Crippen LogP contribution is -2.29. The van der Waals surface area contributed by atoms with Gasteiger partial charge in [-0.2, -0.15) is 5.26 Å². The van der Waals surface area contributed by atoms with Crippen LogP contribution in [-0.2, 0) is 0 Å². The van der Waals surface area contributed by atoms with Gasteiger partial charge in [-0.15, -0.1) is 0 Å². The molecule has 0 saturated carbocycles. The maximum Gasteiger partial charge on any atom is 0.186 e. The summed E-state index contributed by atoms with van der Waals surface area (Å²) in [5, 5.41) is 10.4. The Hall–Kier alpha value is -2.85. The summed E-state index contributed by atoms with van der Waals surface area (Å²) in [6, 6.07) is 12.0. The minimum atomic E-state index is 0.583. The SMILES string of the molecule is COc1ccc2sc(N3CC4CN(c5ncccc5C#N)CC4C3)nc2c1. The van der Waals surface area contributed by atoms with E-state index < -0.39 is 0 Å². The van der Waals surface area contributed by atoms with E-state index in [1.54, 1.807) is 24.6 Å². The molecule has 27 heavy (non-hydrogen) atoms. The normalized spacial score (nSPS) is 21.5. The van der Waals surface area contributed by atoms with Crippen LogP contribution in [0, 0.1) is 23.2 Å². The molecule has 5 rings (SSSR count). The molecule has 0 radical (unpaired) electrons. The van der Waals surface area contributed by atoms with Crippen molar-refractivity contribution in [3.8, 4) is 11.8 Å². The van der Waals surface area contributed by atoms with E-state index in [4.69, 9.17) is 9.72 Å². The van der Waals surface area contributed by atoms with Crippen LogP contribution in [0.2, 0.25) is 0 Å². The van der Waals surface area contributed by atoms with Gasteiger partial charge in [-0.3, -0.25) is 0 Å². The van der Waals surface area contributed by atoms with Gasteiger partial charge in [0.05, 0.1) is 22.9 Å². The van der Waals surface area contributed by atoms with Crippen LogP contribution in [0.1, 0.15) is 5.56 Å². The third-order valence-electron chi connectivity index (χ3n) is 5.55. The van der Waals surface area contributed by atoms with E-state index in [2.05, 4.69) is 26.9 Å². The van der Waals surface area contributed by atoms with Crippen LogP contribution >= 0.6 is 11.3 Å². The average Bonchev–Trinajstić information content (AvgIpc) is 3.39. The predicted octanol–water partition coefficient (Wildman–Crippen LogP) is 3.14. The van der Waals surface area contributed by atoms with Crippen molar-refractivity contribution in [3.05, 3.63) is 42.1 Å². The predicted molar refractivity (Wildman–Crippen MR) is 107 cm³/mol. The highest BCUT2D eigenvalue weighted by Gasteiger charge is 2.41. The van der Waals surface area contributed by atoms with Gasteiger partial charge in [0, 0.05) is 50.3 Å². The molecule has 3 aromatic rings. The van der Waals surface area contributed by atoms with Crippen LogP contribution < -0.4 is 14.5 Å². The first kappa shape index (κ1) is 16.3. The topological polar surface area (TPSA) is 65.3 Å². The standard InChI is InChI=1S/C20H19N5OS/c1-26-16-4-5-18-17(7-16)23-20(27-18)25-11-14-9-24(10-15(14)12-25)19-13(8-21)3-2-6-22-19/h2-7,14-15H,9-12H2,1H3. The van der Waals surface area contributed by atoms with Crippen LogP contribution in [0.5, 0.6) is 5.75 Å². The van der Waals surface area contributed by atoms with Crippen molar-refractivity contribution in [1.82, 2.24) is 9.97 Å². The average molecular weight is 377 g/mol. The molecule has 4 heterocycles. The summed E-state index contributed by atoms with van der Waals surface area (Å²) in [6.07, 6.45) is 1.77. The number of fused-ring (bicyclic) bond motifs is 2. The number of thiazole rings is 1. The maximum atomic E-state index is 9.34. The Morgan fingerprint density at radius 1 is 1.15 bits per heavy atom. The monoisotopic (exact) mass is 377 g/mol. The molecule has 2 aliphatic heterocycles. The summed E-state index contributed by atoms with van der Waals surface area (Å²) in [5.74, 6) is 2.84. The van der Waals surface area contributed by atoms with Crippen LogP contribution in [-0.4, -0.2) is 43.3 Å². The Bertz CT molecular complexity index is 1030. The van der Waals surface area contributed by atoms with Crippen molar-refractivity contribution in [2.45, 2.75) is 0 Å². The number of rotatable bonds is 3. The van der Waals surface area contributed by atoms with Crippen LogP contribution in [0.3, 0.4) is 0 Å². The van der Waals surface area contributed by atoms with Gasteiger partial charge >= 0.3 is 0 Å². The molecular weight excluding hydrogens is 358 g/mol. The number of nitriles is 1. The summed E-state index contributed by atoms with van der Waals surface area (Å²) >= 11 is 1.75. The number of hydrogen-bond acceptors (Lipinski definition) is 7. The lowest BCUT2D eigenvalue weighted by atomic mass is 10.0. The number of hydrogen-bond donors (Lipinski definition) is 0. The molecule has 1 aromatic carbocycles. The molecule has 2 saturated heterocycles. The van der Waals surface area contributed by atoms with Gasteiger partial charge in [-0.1, -0.05) is 11.3 Å². The second-order valence-electron chi connectivity index (χ2n) is 7.15. The number of benzene rings is 1. The van der Waals surface area contributed by atoms with Crippen LogP contribution in [0.15, 0.2) is 36.5 Å². The summed E-state index contributed by atoms with van der Waals surface area (Å²) in [5.41, 5.74) is 1.66. The Morgan fingerprint density at radius 3 is 2.67 bits per heavy atom. The van der Waals surface area contributed by atoms with Gasteiger partial charge in [0.1, 0.15) is 17.6 Å². The molecule has 0 aliphatic carbocycles. The summed E-state index contributed by atoms with van der Waals surface area (Å²) in [7, 11) is 1.68. The number of aromatic nitrogens is 2. The Morgan fingerprint density at radius 2 is 1.93 bits per heavy atom. The van der Waals surface area contributed by atoms with E-state index in [9.17, 15) is 5.26 Å².